The summed E-state index contributed by atoms with van der Waals surface area (Å²) in [5, 5.41) is 0. The maximum Gasteiger partial charge on any atom is 0.0368 e. The number of nitrogens with zero attached hydrogens (tertiary/aromatic N) is 3. The molecule has 3 rings (SSSR count). The Morgan fingerprint density at radius 2 is 1.65 bits per heavy atom. The van der Waals surface area contributed by atoms with E-state index in [1.54, 1.807) is 0 Å². The molecule has 0 bridgehead atoms. The second kappa shape index (κ2) is 6.92. The Bertz CT molecular complexity index is 628. The summed E-state index contributed by atoms with van der Waals surface area (Å²) in [5.74, 6) is 0. The Morgan fingerprint density at radius 1 is 0.957 bits per heavy atom. The largest absolute Gasteiger partial charge is 0.399 e. The van der Waals surface area contributed by atoms with Crippen LogP contribution < -0.4 is 15.5 Å². The molecule has 0 saturated carbocycles. The van der Waals surface area contributed by atoms with Crippen LogP contribution in [-0.2, 0) is 6.54 Å². The molecule has 0 amide bonds. The highest BCUT2D eigenvalue weighted by molar-refractivity contribution is 5.53. The van der Waals surface area contributed by atoms with Gasteiger partial charge < -0.3 is 15.5 Å². The molecule has 0 aliphatic carbocycles. The molecule has 4 heteroatoms. The smallest absolute Gasteiger partial charge is 0.0368 e. The van der Waals surface area contributed by atoms with Gasteiger partial charge in [-0.1, -0.05) is 12.1 Å². The van der Waals surface area contributed by atoms with Crippen molar-refractivity contribution in [3.05, 3.63) is 54.1 Å². The van der Waals surface area contributed by atoms with Crippen molar-refractivity contribution in [1.29, 1.82) is 0 Å². The van der Waals surface area contributed by atoms with Crippen LogP contribution in [0.1, 0.15) is 5.56 Å². The van der Waals surface area contributed by atoms with E-state index in [0.717, 1.165) is 38.4 Å². The third-order valence-corrected chi connectivity index (χ3v) is 4.46. The molecule has 23 heavy (non-hydrogen) atoms. The normalized spacial score (nSPS) is 15.7. The van der Waals surface area contributed by atoms with Gasteiger partial charge >= 0.3 is 0 Å². The fraction of sp³-hybridized carbons (Fsp3) is 0.368. The van der Waals surface area contributed by atoms with E-state index < -0.39 is 0 Å². The number of nitrogens with two attached hydrogens (primary N) is 1. The monoisotopic (exact) mass is 310 g/mol. The van der Waals surface area contributed by atoms with E-state index in [1.807, 2.05) is 12.1 Å². The van der Waals surface area contributed by atoms with E-state index in [-0.39, 0.29) is 0 Å². The molecular formula is C19H26N4. The number of anilines is 3. The van der Waals surface area contributed by atoms with Gasteiger partial charge in [-0.25, -0.2) is 0 Å². The predicted octanol–water partition coefficient (Wildman–Crippen LogP) is 2.66. The van der Waals surface area contributed by atoms with Crippen molar-refractivity contribution in [3.8, 4) is 0 Å². The maximum absolute atomic E-state index is 5.77. The SMILES string of the molecule is CN(C)c1cccc(CN2CCN(c3ccc(N)cc3)CC2)c1. The van der Waals surface area contributed by atoms with Gasteiger partial charge in [-0.3, -0.25) is 4.90 Å². The van der Waals surface area contributed by atoms with E-state index in [9.17, 15) is 0 Å². The van der Waals surface area contributed by atoms with Gasteiger partial charge in [0.25, 0.3) is 0 Å². The first-order chi connectivity index (χ1) is 11.1. The van der Waals surface area contributed by atoms with E-state index >= 15 is 0 Å². The zero-order valence-electron chi connectivity index (χ0n) is 14.1. The molecule has 0 aromatic heterocycles. The number of hydrogen-bond acceptors (Lipinski definition) is 4. The molecule has 2 N–H and O–H groups in total. The van der Waals surface area contributed by atoms with Gasteiger partial charge in [0.15, 0.2) is 0 Å². The summed E-state index contributed by atoms with van der Waals surface area (Å²) in [4.78, 5) is 7.12. The lowest BCUT2D eigenvalue weighted by Crippen LogP contribution is -2.45. The zero-order valence-corrected chi connectivity index (χ0v) is 14.1. The number of rotatable bonds is 4. The topological polar surface area (TPSA) is 35.7 Å². The lowest BCUT2D eigenvalue weighted by molar-refractivity contribution is 0.250. The van der Waals surface area contributed by atoms with Crippen molar-refractivity contribution >= 4 is 17.1 Å². The van der Waals surface area contributed by atoms with E-state index in [0.29, 0.717) is 0 Å². The molecular weight excluding hydrogens is 284 g/mol. The summed E-state index contributed by atoms with van der Waals surface area (Å²) in [7, 11) is 4.18. The van der Waals surface area contributed by atoms with Crippen molar-refractivity contribution in [3.63, 3.8) is 0 Å². The molecule has 0 radical (unpaired) electrons. The van der Waals surface area contributed by atoms with Crippen LogP contribution in [0.3, 0.4) is 0 Å². The van der Waals surface area contributed by atoms with Crippen LogP contribution >= 0.6 is 0 Å². The predicted molar refractivity (Wildman–Crippen MR) is 99.1 cm³/mol. The minimum atomic E-state index is 0.827. The second-order valence-electron chi connectivity index (χ2n) is 6.42. The highest BCUT2D eigenvalue weighted by Gasteiger charge is 2.17. The number of hydrogen-bond donors (Lipinski definition) is 1. The summed E-state index contributed by atoms with van der Waals surface area (Å²) in [6, 6.07) is 17.0. The molecule has 122 valence electrons. The second-order valence-corrected chi connectivity index (χ2v) is 6.42. The standard InChI is InChI=1S/C19H26N4/c1-21(2)19-5-3-4-16(14-19)15-22-10-12-23(13-11-22)18-8-6-17(20)7-9-18/h3-9,14H,10-13,15,20H2,1-2H3. The molecule has 1 heterocycles. The Morgan fingerprint density at radius 3 is 2.30 bits per heavy atom. The Labute approximate surface area is 139 Å². The average Bonchev–Trinajstić information content (AvgIpc) is 2.57. The molecule has 1 aliphatic heterocycles. The highest BCUT2D eigenvalue weighted by atomic mass is 15.3. The number of benzene rings is 2. The molecule has 0 spiro atoms. The Kier molecular flexibility index (Phi) is 4.72. The van der Waals surface area contributed by atoms with Crippen molar-refractivity contribution < 1.29 is 0 Å². The summed E-state index contributed by atoms with van der Waals surface area (Å²) in [6.07, 6.45) is 0. The first kappa shape index (κ1) is 15.7. The van der Waals surface area contributed by atoms with Gasteiger partial charge in [0.1, 0.15) is 0 Å². The summed E-state index contributed by atoms with van der Waals surface area (Å²) in [5.41, 5.74) is 10.5. The van der Waals surface area contributed by atoms with Gasteiger partial charge in [-0.15, -0.1) is 0 Å². The van der Waals surface area contributed by atoms with Crippen LogP contribution in [0.2, 0.25) is 0 Å². The number of piperazine rings is 1. The fourth-order valence-electron chi connectivity index (χ4n) is 3.04. The molecule has 1 fully saturated rings. The molecule has 4 nitrogen and oxygen atoms in total. The van der Waals surface area contributed by atoms with Crippen molar-refractivity contribution in [2.75, 3.05) is 55.8 Å². The summed E-state index contributed by atoms with van der Waals surface area (Å²) < 4.78 is 0. The van der Waals surface area contributed by atoms with Crippen LogP contribution in [0.5, 0.6) is 0 Å². The molecule has 2 aromatic rings. The summed E-state index contributed by atoms with van der Waals surface area (Å²) >= 11 is 0. The van der Waals surface area contributed by atoms with Crippen molar-refractivity contribution in [2.24, 2.45) is 0 Å². The minimum Gasteiger partial charge on any atom is -0.399 e. The van der Waals surface area contributed by atoms with E-state index in [2.05, 4.69) is 65.2 Å². The van der Waals surface area contributed by atoms with Gasteiger partial charge in [0.2, 0.25) is 0 Å². The minimum absolute atomic E-state index is 0.827. The van der Waals surface area contributed by atoms with Gasteiger partial charge in [-0.05, 0) is 42.0 Å². The average molecular weight is 310 g/mol. The zero-order chi connectivity index (χ0) is 16.2. The molecule has 2 aromatic carbocycles. The van der Waals surface area contributed by atoms with Gasteiger partial charge in [0, 0.05) is 63.9 Å². The van der Waals surface area contributed by atoms with Crippen LogP contribution in [-0.4, -0.2) is 45.2 Å². The lowest BCUT2D eigenvalue weighted by Gasteiger charge is -2.36. The molecule has 1 aliphatic rings. The van der Waals surface area contributed by atoms with Crippen molar-refractivity contribution in [1.82, 2.24) is 4.90 Å². The van der Waals surface area contributed by atoms with E-state index in [4.69, 9.17) is 5.73 Å². The van der Waals surface area contributed by atoms with Crippen LogP contribution in [0.25, 0.3) is 0 Å². The first-order valence-corrected chi connectivity index (χ1v) is 8.21. The van der Waals surface area contributed by atoms with E-state index in [1.165, 1.54) is 16.9 Å². The van der Waals surface area contributed by atoms with Gasteiger partial charge in [-0.2, -0.15) is 0 Å². The van der Waals surface area contributed by atoms with Crippen LogP contribution in [0.4, 0.5) is 17.1 Å². The maximum atomic E-state index is 5.77. The third kappa shape index (κ3) is 3.96. The Hall–Kier alpha value is -2.20. The quantitative estimate of drug-likeness (QED) is 0.881. The molecule has 1 saturated heterocycles. The lowest BCUT2D eigenvalue weighted by atomic mass is 10.1. The van der Waals surface area contributed by atoms with Gasteiger partial charge in [0.05, 0.1) is 0 Å². The van der Waals surface area contributed by atoms with Crippen LogP contribution in [0, 0.1) is 0 Å². The summed E-state index contributed by atoms with van der Waals surface area (Å²) in [6.45, 7) is 5.35. The third-order valence-electron chi connectivity index (χ3n) is 4.46. The number of nitrogen functional groups attached to an aromatic ring is 1. The molecule has 0 unspecified atom stereocenters. The highest BCUT2D eigenvalue weighted by Crippen LogP contribution is 2.20. The molecule has 0 atom stereocenters. The van der Waals surface area contributed by atoms with Crippen LogP contribution in [0.15, 0.2) is 48.5 Å². The van der Waals surface area contributed by atoms with Crippen molar-refractivity contribution in [2.45, 2.75) is 6.54 Å². The Balaban J connectivity index is 1.57. The first-order valence-electron chi connectivity index (χ1n) is 8.21. The fourth-order valence-corrected chi connectivity index (χ4v) is 3.04.